The minimum Gasteiger partial charge on any atom is -0.384 e. The van der Waals surface area contributed by atoms with E-state index in [1.807, 2.05) is 48.7 Å². The molecule has 3 aromatic heterocycles. The monoisotopic (exact) mass is 800 g/mol. The van der Waals surface area contributed by atoms with Gasteiger partial charge in [-0.15, -0.1) is 0 Å². The summed E-state index contributed by atoms with van der Waals surface area (Å²) in [6.07, 6.45) is 5.93. The predicted molar refractivity (Wildman–Crippen MR) is 229 cm³/mol. The van der Waals surface area contributed by atoms with Crippen LogP contribution in [0.15, 0.2) is 87.7 Å². The van der Waals surface area contributed by atoms with E-state index in [-0.39, 0.29) is 28.5 Å². The van der Waals surface area contributed by atoms with Crippen molar-refractivity contribution in [3.63, 3.8) is 0 Å². The first-order valence-electron chi connectivity index (χ1n) is 19.5. The molecular formula is C41H60N12O3S. The van der Waals surface area contributed by atoms with Gasteiger partial charge in [-0.3, -0.25) is 9.56 Å². The quantitative estimate of drug-likeness (QED) is 0.0572. The van der Waals surface area contributed by atoms with E-state index in [0.29, 0.717) is 36.0 Å². The fourth-order valence-corrected chi connectivity index (χ4v) is 8.30. The molecule has 0 unspecified atom stereocenters. The molecule has 1 saturated heterocycles. The molecule has 0 atom stereocenters. The van der Waals surface area contributed by atoms with Gasteiger partial charge in [0.2, 0.25) is 10.0 Å². The third kappa shape index (κ3) is 11.5. The Labute approximate surface area is 336 Å². The van der Waals surface area contributed by atoms with Crippen molar-refractivity contribution >= 4 is 32.8 Å². The van der Waals surface area contributed by atoms with Gasteiger partial charge < -0.3 is 32.8 Å². The van der Waals surface area contributed by atoms with Gasteiger partial charge >= 0.3 is 5.69 Å². The summed E-state index contributed by atoms with van der Waals surface area (Å²) in [7, 11) is -3.63. The number of fused-ring (bicyclic) bond motifs is 1. The van der Waals surface area contributed by atoms with Gasteiger partial charge in [-0.2, -0.15) is 14.4 Å². The number of nitrogens with one attached hydrogen (secondary N) is 3. The summed E-state index contributed by atoms with van der Waals surface area (Å²) in [4.78, 5) is 24.3. The molecule has 0 bridgehead atoms. The molecule has 308 valence electrons. The highest BCUT2D eigenvalue weighted by Gasteiger charge is 2.33. The van der Waals surface area contributed by atoms with Crippen molar-refractivity contribution in [1.29, 1.82) is 0 Å². The Morgan fingerprint density at radius 3 is 2.35 bits per heavy atom. The van der Waals surface area contributed by atoms with Crippen LogP contribution in [0.5, 0.6) is 0 Å². The van der Waals surface area contributed by atoms with Crippen molar-refractivity contribution in [2.24, 2.45) is 16.5 Å². The zero-order valence-electron chi connectivity index (χ0n) is 34.1. The van der Waals surface area contributed by atoms with Crippen LogP contribution in [0.3, 0.4) is 0 Å². The Morgan fingerprint density at radius 2 is 1.72 bits per heavy atom. The van der Waals surface area contributed by atoms with Crippen LogP contribution < -0.4 is 33.5 Å². The summed E-state index contributed by atoms with van der Waals surface area (Å²) < 4.78 is 32.1. The van der Waals surface area contributed by atoms with Crippen LogP contribution in [-0.4, -0.2) is 81.8 Å². The van der Waals surface area contributed by atoms with Crippen molar-refractivity contribution in [2.45, 2.75) is 95.7 Å². The van der Waals surface area contributed by atoms with Crippen LogP contribution >= 0.6 is 0 Å². The van der Waals surface area contributed by atoms with Gasteiger partial charge in [0, 0.05) is 48.4 Å². The van der Waals surface area contributed by atoms with Crippen molar-refractivity contribution < 1.29 is 8.42 Å². The SMILES string of the molecule is CC(C)(C)c1cc2cn(-c3ccc(CNCCCN=C(N)N)cc3)c(=O)nc2[nH]1.CC(C)(C)c1cccc(S(=O)(=O)N(CCn2nccc2N)C2CCNCC2)c1. The second kappa shape index (κ2) is 18.5. The van der Waals surface area contributed by atoms with E-state index < -0.39 is 10.0 Å². The maximum atomic E-state index is 13.6. The van der Waals surface area contributed by atoms with E-state index in [4.69, 9.17) is 17.2 Å². The highest BCUT2D eigenvalue weighted by atomic mass is 32.2. The molecule has 0 spiro atoms. The lowest BCUT2D eigenvalue weighted by Gasteiger charge is -2.34. The topological polar surface area (TPSA) is 220 Å². The average molecular weight is 801 g/mol. The van der Waals surface area contributed by atoms with Crippen LogP contribution in [0, 0.1) is 0 Å². The van der Waals surface area contributed by atoms with Gasteiger partial charge in [-0.25, -0.2) is 17.9 Å². The molecule has 5 aromatic rings. The lowest BCUT2D eigenvalue weighted by atomic mass is 9.87. The fourth-order valence-electron chi connectivity index (χ4n) is 6.58. The summed E-state index contributed by atoms with van der Waals surface area (Å²) in [5.74, 6) is 0.662. The maximum Gasteiger partial charge on any atom is 0.354 e. The van der Waals surface area contributed by atoms with Crippen molar-refractivity contribution in [3.05, 3.63) is 100 Å². The predicted octanol–water partition coefficient (Wildman–Crippen LogP) is 3.97. The smallest absolute Gasteiger partial charge is 0.354 e. The first kappa shape index (κ1) is 43.1. The molecule has 0 saturated carbocycles. The summed E-state index contributed by atoms with van der Waals surface area (Å²) >= 11 is 0. The molecule has 15 nitrogen and oxygen atoms in total. The molecule has 57 heavy (non-hydrogen) atoms. The third-order valence-corrected chi connectivity index (χ3v) is 11.9. The average Bonchev–Trinajstić information content (AvgIpc) is 3.78. The second-order valence-corrected chi connectivity index (χ2v) is 18.4. The highest BCUT2D eigenvalue weighted by molar-refractivity contribution is 7.89. The zero-order chi connectivity index (χ0) is 41.4. The Morgan fingerprint density at radius 1 is 1.00 bits per heavy atom. The fraction of sp³-hybridized carbons (Fsp3) is 0.463. The molecule has 2 aromatic carbocycles. The second-order valence-electron chi connectivity index (χ2n) is 16.5. The summed E-state index contributed by atoms with van der Waals surface area (Å²) in [5, 5.41) is 11.8. The minimum atomic E-state index is -3.63. The maximum absolute atomic E-state index is 13.6. The zero-order valence-corrected chi connectivity index (χ0v) is 34.9. The standard InChI is InChI=1S/C21H29N7O.C20H31N5O2S/c1-21(2,3)17-11-15-13-28(20(29)27-18(15)26-17)16-7-5-14(6-8-16)12-24-9-4-10-25-19(22)23;1-20(2,3)16-5-4-6-18(15-16)28(26,27)25(17-7-10-22-11-8-17)14-13-24-19(21)9-12-23-24/h5-8,11,13,24H,4,9-10,12H2,1-3H3,(H4,22,23,25)(H,26,27,29);4-6,9,12,15,17,22H,7-8,10-11,13-14,21H2,1-3H3. The number of aromatic amines is 1. The number of guanidine groups is 1. The van der Waals surface area contributed by atoms with Gasteiger partial charge in [-0.05, 0) is 91.8 Å². The molecule has 9 N–H and O–H groups in total. The molecule has 1 aliphatic heterocycles. The number of nitrogens with zero attached hydrogens (tertiary/aromatic N) is 6. The Kier molecular flexibility index (Phi) is 14.0. The molecule has 6 rings (SSSR count). The van der Waals surface area contributed by atoms with Crippen LogP contribution in [0.1, 0.15) is 77.6 Å². The number of nitrogen functional groups attached to an aromatic ring is 1. The van der Waals surface area contributed by atoms with Crippen molar-refractivity contribution in [1.82, 2.24) is 39.3 Å². The number of anilines is 1. The number of hydrogen-bond acceptors (Lipinski definition) is 9. The van der Waals surface area contributed by atoms with E-state index in [9.17, 15) is 13.2 Å². The van der Waals surface area contributed by atoms with E-state index in [1.54, 1.807) is 31.9 Å². The van der Waals surface area contributed by atoms with Crippen LogP contribution in [0.2, 0.25) is 0 Å². The number of aliphatic imine (C=N–C) groups is 1. The number of aromatic nitrogens is 5. The molecule has 1 aliphatic rings. The number of H-pyrrole nitrogens is 1. The van der Waals surface area contributed by atoms with Gasteiger partial charge in [0.25, 0.3) is 0 Å². The molecular weight excluding hydrogens is 741 g/mol. The summed E-state index contributed by atoms with van der Waals surface area (Å²) in [6, 6.07) is 18.9. The number of sulfonamides is 1. The molecule has 0 aliphatic carbocycles. The first-order valence-corrected chi connectivity index (χ1v) is 21.0. The van der Waals surface area contributed by atoms with Gasteiger partial charge in [0.15, 0.2) is 5.96 Å². The lowest BCUT2D eigenvalue weighted by Crippen LogP contribution is -2.47. The largest absolute Gasteiger partial charge is 0.384 e. The summed E-state index contributed by atoms with van der Waals surface area (Å²) in [5.41, 5.74) is 20.7. The Bertz CT molecular complexity index is 2270. The van der Waals surface area contributed by atoms with Crippen LogP contribution in [0.4, 0.5) is 5.82 Å². The van der Waals surface area contributed by atoms with Crippen molar-refractivity contribution in [2.75, 3.05) is 38.5 Å². The van der Waals surface area contributed by atoms with E-state index in [0.717, 1.165) is 73.3 Å². The highest BCUT2D eigenvalue weighted by Crippen LogP contribution is 2.28. The van der Waals surface area contributed by atoms with Gasteiger partial charge in [0.05, 0.1) is 23.3 Å². The Hall–Kier alpha value is -5.03. The minimum absolute atomic E-state index is 0.0265. The molecule has 1 fully saturated rings. The first-order chi connectivity index (χ1) is 26.9. The number of rotatable bonds is 13. The number of benzene rings is 2. The third-order valence-electron chi connectivity index (χ3n) is 9.97. The van der Waals surface area contributed by atoms with Gasteiger partial charge in [-0.1, -0.05) is 65.8 Å². The molecule has 4 heterocycles. The van der Waals surface area contributed by atoms with E-state index in [1.165, 1.54) is 0 Å². The van der Waals surface area contributed by atoms with Crippen LogP contribution in [-0.2, 0) is 33.9 Å². The van der Waals surface area contributed by atoms with Crippen LogP contribution in [0.25, 0.3) is 16.7 Å². The number of piperidine rings is 1. The Balaban J connectivity index is 0.000000218. The number of nitrogens with two attached hydrogens (primary N) is 3. The molecule has 0 amide bonds. The van der Waals surface area contributed by atoms with Crippen molar-refractivity contribution in [3.8, 4) is 5.69 Å². The summed E-state index contributed by atoms with van der Waals surface area (Å²) in [6.45, 7) is 17.2. The van der Waals surface area contributed by atoms with E-state index in [2.05, 4.69) is 78.3 Å². The molecule has 16 heteroatoms. The molecule has 0 radical (unpaired) electrons. The normalized spacial score (nSPS) is 14.1. The van der Waals surface area contributed by atoms with Gasteiger partial charge in [0.1, 0.15) is 11.5 Å². The number of hydrogen-bond donors (Lipinski definition) is 6. The lowest BCUT2D eigenvalue weighted by molar-refractivity contribution is 0.253. The van der Waals surface area contributed by atoms with E-state index >= 15 is 0 Å².